The van der Waals surface area contributed by atoms with Gasteiger partial charge in [0.15, 0.2) is 5.82 Å². The number of nitrogens with two attached hydrogens (primary N) is 1. The summed E-state index contributed by atoms with van der Waals surface area (Å²) in [7, 11) is 0. The van der Waals surface area contributed by atoms with Crippen LogP contribution in [0.3, 0.4) is 0 Å². The summed E-state index contributed by atoms with van der Waals surface area (Å²) in [6, 6.07) is 7.91. The highest BCUT2D eigenvalue weighted by atomic mass is 35.5. The normalized spacial score (nSPS) is 22.6. The monoisotopic (exact) mass is 347 g/mol. The molecular weight excluding hydrogens is 326 g/mol. The molecule has 2 heterocycles. The Morgan fingerprint density at radius 3 is 2.54 bits per heavy atom. The Labute approximate surface area is 146 Å². The second-order valence-corrected chi connectivity index (χ2v) is 7.43. The minimum Gasteiger partial charge on any atom is -0.381 e. The summed E-state index contributed by atoms with van der Waals surface area (Å²) >= 11 is 6.23. The Morgan fingerprint density at radius 2 is 1.83 bits per heavy atom. The first-order valence-electron chi connectivity index (χ1n) is 8.60. The average molecular weight is 348 g/mol. The molecule has 1 aliphatic heterocycles. The lowest BCUT2D eigenvalue weighted by Crippen LogP contribution is -2.37. The van der Waals surface area contributed by atoms with Gasteiger partial charge in [0.05, 0.1) is 11.0 Å². The van der Waals surface area contributed by atoms with Crippen molar-refractivity contribution in [3.63, 3.8) is 0 Å². The summed E-state index contributed by atoms with van der Waals surface area (Å²) in [5, 5.41) is 4.97. The first kappa shape index (κ1) is 16.1. The van der Waals surface area contributed by atoms with Gasteiger partial charge in [0, 0.05) is 18.2 Å². The number of hydrogen-bond acceptors (Lipinski definition) is 5. The van der Waals surface area contributed by atoms with Crippen molar-refractivity contribution in [3.05, 3.63) is 46.6 Å². The van der Waals surface area contributed by atoms with E-state index in [9.17, 15) is 0 Å². The summed E-state index contributed by atoms with van der Waals surface area (Å²) in [6.07, 6.45) is 5.67. The number of nitrogens with zero attached hydrogens (tertiary/aromatic N) is 2. The largest absolute Gasteiger partial charge is 0.381 e. The lowest BCUT2D eigenvalue weighted by Gasteiger charge is -2.34. The van der Waals surface area contributed by atoms with Gasteiger partial charge in [0.1, 0.15) is 0 Å². The van der Waals surface area contributed by atoms with Crippen molar-refractivity contribution < 1.29 is 9.26 Å². The summed E-state index contributed by atoms with van der Waals surface area (Å²) in [4.78, 5) is 4.76. The van der Waals surface area contributed by atoms with Crippen LogP contribution < -0.4 is 5.73 Å². The Balaban J connectivity index is 1.76. The van der Waals surface area contributed by atoms with E-state index in [0.29, 0.717) is 30.0 Å². The fourth-order valence-electron chi connectivity index (χ4n) is 3.98. The Morgan fingerprint density at radius 1 is 1.08 bits per heavy atom. The molecule has 1 saturated heterocycles. The van der Waals surface area contributed by atoms with E-state index in [1.54, 1.807) is 0 Å². The second-order valence-electron chi connectivity index (χ2n) is 6.99. The molecule has 2 fully saturated rings. The first-order valence-corrected chi connectivity index (χ1v) is 8.98. The third-order valence-corrected chi connectivity index (χ3v) is 5.74. The van der Waals surface area contributed by atoms with Crippen LogP contribution in [0, 0.1) is 0 Å². The molecule has 0 atom stereocenters. The summed E-state index contributed by atoms with van der Waals surface area (Å²) in [5.41, 5.74) is 6.82. The maximum atomic E-state index is 6.50. The van der Waals surface area contributed by atoms with Crippen LogP contribution in [-0.2, 0) is 15.7 Å². The molecule has 5 nitrogen and oxygen atoms in total. The Hall–Kier alpha value is -1.43. The molecular formula is C18H22ClN3O2. The van der Waals surface area contributed by atoms with Crippen molar-refractivity contribution >= 4 is 11.6 Å². The maximum Gasteiger partial charge on any atom is 0.237 e. The van der Waals surface area contributed by atoms with Crippen molar-refractivity contribution in [1.82, 2.24) is 10.1 Å². The van der Waals surface area contributed by atoms with Crippen LogP contribution in [0.5, 0.6) is 0 Å². The van der Waals surface area contributed by atoms with Gasteiger partial charge in [-0.2, -0.15) is 4.98 Å². The Bertz CT molecular complexity index is 719. The number of ether oxygens (including phenoxy) is 1. The Kier molecular flexibility index (Phi) is 4.11. The number of halogens is 1. The van der Waals surface area contributed by atoms with Crippen LogP contribution in [0.25, 0.3) is 0 Å². The van der Waals surface area contributed by atoms with Crippen molar-refractivity contribution in [3.8, 4) is 0 Å². The van der Waals surface area contributed by atoms with Crippen LogP contribution >= 0.6 is 11.6 Å². The molecule has 0 radical (unpaired) electrons. The van der Waals surface area contributed by atoms with E-state index in [2.05, 4.69) is 11.2 Å². The molecule has 6 heteroatoms. The van der Waals surface area contributed by atoms with Crippen LogP contribution in [0.15, 0.2) is 28.8 Å². The second kappa shape index (κ2) is 6.14. The van der Waals surface area contributed by atoms with E-state index >= 15 is 0 Å². The predicted molar refractivity (Wildman–Crippen MR) is 90.9 cm³/mol. The lowest BCUT2D eigenvalue weighted by atomic mass is 9.74. The number of rotatable bonds is 3. The third-order valence-electron chi connectivity index (χ3n) is 5.50. The molecule has 2 aromatic rings. The molecule has 1 saturated carbocycles. The summed E-state index contributed by atoms with van der Waals surface area (Å²) in [6.45, 7) is 1.33. The zero-order valence-electron chi connectivity index (χ0n) is 13.6. The van der Waals surface area contributed by atoms with Gasteiger partial charge in [-0.05, 0) is 43.4 Å². The molecule has 1 aromatic heterocycles. The molecule has 0 bridgehead atoms. The molecule has 1 aliphatic carbocycles. The minimum absolute atomic E-state index is 0.344. The van der Waals surface area contributed by atoms with Gasteiger partial charge in [0.2, 0.25) is 5.89 Å². The van der Waals surface area contributed by atoms with E-state index in [4.69, 9.17) is 31.6 Å². The smallest absolute Gasteiger partial charge is 0.237 e. The van der Waals surface area contributed by atoms with Crippen molar-refractivity contribution in [2.75, 3.05) is 13.2 Å². The number of benzene rings is 1. The van der Waals surface area contributed by atoms with Crippen LogP contribution in [0.1, 0.15) is 55.8 Å². The minimum atomic E-state index is -0.442. The van der Waals surface area contributed by atoms with Crippen molar-refractivity contribution in [1.29, 1.82) is 0 Å². The van der Waals surface area contributed by atoms with Crippen LogP contribution in [0.4, 0.5) is 0 Å². The lowest BCUT2D eigenvalue weighted by molar-refractivity contribution is 0.0523. The summed E-state index contributed by atoms with van der Waals surface area (Å²) in [5.74, 6) is 1.28. The van der Waals surface area contributed by atoms with E-state index in [1.165, 1.54) is 0 Å². The SMILES string of the molecule is NC1(c2noc(C3(c4cccc(Cl)c4)CCOCC3)n2)CCCC1. The molecule has 2 aliphatic rings. The standard InChI is InChI=1S/C18H22ClN3O2/c19-14-5-3-4-13(12-14)17(8-10-23-11-9-17)16-21-15(22-24-16)18(20)6-1-2-7-18/h3-5,12H,1-2,6-11,20H2. The van der Waals surface area contributed by atoms with E-state index < -0.39 is 5.54 Å². The zero-order valence-corrected chi connectivity index (χ0v) is 14.4. The van der Waals surface area contributed by atoms with Crippen molar-refractivity contribution in [2.24, 2.45) is 5.73 Å². The molecule has 128 valence electrons. The fourth-order valence-corrected chi connectivity index (χ4v) is 4.17. The molecule has 0 unspecified atom stereocenters. The van der Waals surface area contributed by atoms with E-state index in [1.807, 2.05) is 18.2 Å². The van der Waals surface area contributed by atoms with Crippen LogP contribution in [0.2, 0.25) is 5.02 Å². The van der Waals surface area contributed by atoms with E-state index in [-0.39, 0.29) is 5.41 Å². The quantitative estimate of drug-likeness (QED) is 0.919. The van der Waals surface area contributed by atoms with Gasteiger partial charge < -0.3 is 15.0 Å². The topological polar surface area (TPSA) is 74.2 Å². The van der Waals surface area contributed by atoms with Gasteiger partial charge in [-0.1, -0.05) is 41.7 Å². The molecule has 0 amide bonds. The third kappa shape index (κ3) is 2.65. The molecule has 4 rings (SSSR count). The molecule has 2 N–H and O–H groups in total. The average Bonchev–Trinajstić information content (AvgIpc) is 3.26. The van der Waals surface area contributed by atoms with Gasteiger partial charge in [-0.25, -0.2) is 0 Å². The summed E-state index contributed by atoms with van der Waals surface area (Å²) < 4.78 is 11.3. The zero-order chi connectivity index (χ0) is 16.6. The predicted octanol–water partition coefficient (Wildman–Crippen LogP) is 3.55. The van der Waals surface area contributed by atoms with Gasteiger partial charge in [0.25, 0.3) is 0 Å². The number of aromatic nitrogens is 2. The highest BCUT2D eigenvalue weighted by Crippen LogP contribution is 2.42. The molecule has 1 aromatic carbocycles. The highest BCUT2D eigenvalue weighted by molar-refractivity contribution is 6.30. The molecule has 0 spiro atoms. The maximum absolute atomic E-state index is 6.50. The number of hydrogen-bond donors (Lipinski definition) is 1. The van der Waals surface area contributed by atoms with Crippen molar-refractivity contribution in [2.45, 2.75) is 49.5 Å². The van der Waals surface area contributed by atoms with Gasteiger partial charge in [-0.15, -0.1) is 0 Å². The molecule has 24 heavy (non-hydrogen) atoms. The van der Waals surface area contributed by atoms with E-state index in [0.717, 1.165) is 44.1 Å². The fraction of sp³-hybridized carbons (Fsp3) is 0.556. The van der Waals surface area contributed by atoms with Gasteiger partial charge in [-0.3, -0.25) is 0 Å². The highest BCUT2D eigenvalue weighted by Gasteiger charge is 2.44. The van der Waals surface area contributed by atoms with Gasteiger partial charge >= 0.3 is 0 Å². The van der Waals surface area contributed by atoms with Crippen LogP contribution in [-0.4, -0.2) is 23.4 Å². The first-order chi connectivity index (χ1) is 11.6.